The molecule has 6 nitrogen and oxygen atoms in total. The normalized spacial score (nSPS) is 11.6. The Kier molecular flexibility index (Phi) is 5.58. The Morgan fingerprint density at radius 1 is 1.18 bits per heavy atom. The lowest BCUT2D eigenvalue weighted by atomic mass is 10.2. The van der Waals surface area contributed by atoms with Crippen LogP contribution in [0.25, 0.3) is 16.7 Å². The molecule has 0 saturated heterocycles. The molecule has 2 aromatic heterocycles. The van der Waals surface area contributed by atoms with E-state index in [9.17, 15) is 13.6 Å². The summed E-state index contributed by atoms with van der Waals surface area (Å²) < 4.78 is 34.3. The number of aryl methyl sites for hydroxylation is 1. The van der Waals surface area contributed by atoms with Gasteiger partial charge < -0.3 is 10.1 Å². The Morgan fingerprint density at radius 3 is 2.68 bits per heavy atom. The van der Waals surface area contributed by atoms with E-state index in [1.54, 1.807) is 31.4 Å². The molecule has 0 aliphatic carbocycles. The summed E-state index contributed by atoms with van der Waals surface area (Å²) in [6.45, 7) is 5.76. The van der Waals surface area contributed by atoms with E-state index in [1.807, 2.05) is 0 Å². The van der Waals surface area contributed by atoms with Crippen LogP contribution in [-0.2, 0) is 11.2 Å². The lowest BCUT2D eigenvalue weighted by Crippen LogP contribution is -2.33. The number of benzene rings is 1. The number of pyridine rings is 1. The number of carbonyl (C=O) groups is 1. The number of nitrogens with one attached hydrogen (secondary N) is 1. The van der Waals surface area contributed by atoms with Gasteiger partial charge in [0.15, 0.2) is 0 Å². The third-order valence-corrected chi connectivity index (χ3v) is 3.88. The van der Waals surface area contributed by atoms with E-state index in [4.69, 9.17) is 4.74 Å². The molecule has 1 N–H and O–H groups in total. The van der Waals surface area contributed by atoms with E-state index in [1.165, 1.54) is 24.4 Å². The molecule has 0 unspecified atom stereocenters. The number of rotatable bonds is 5. The van der Waals surface area contributed by atoms with E-state index in [0.717, 1.165) is 6.20 Å². The lowest BCUT2D eigenvalue weighted by molar-refractivity contribution is 0.0527. The fourth-order valence-electron chi connectivity index (χ4n) is 2.83. The zero-order valence-corrected chi connectivity index (χ0v) is 16.0. The van der Waals surface area contributed by atoms with Gasteiger partial charge >= 0.3 is 6.09 Å². The summed E-state index contributed by atoms with van der Waals surface area (Å²) in [4.78, 5) is 20.1. The largest absolute Gasteiger partial charge is 0.444 e. The summed E-state index contributed by atoms with van der Waals surface area (Å²) in [5, 5.41) is 2.69. The fraction of sp³-hybridized carbons (Fsp3) is 0.350. The number of halogens is 2. The van der Waals surface area contributed by atoms with Gasteiger partial charge in [-0.2, -0.15) is 0 Å². The second-order valence-electron chi connectivity index (χ2n) is 7.39. The van der Waals surface area contributed by atoms with Crippen LogP contribution in [-0.4, -0.2) is 32.8 Å². The number of alkyl carbamates (subject to hydrolysis) is 1. The highest BCUT2D eigenvalue weighted by molar-refractivity contribution is 5.78. The van der Waals surface area contributed by atoms with Crippen LogP contribution >= 0.6 is 0 Å². The van der Waals surface area contributed by atoms with E-state index >= 15 is 0 Å². The number of carbonyl (C=O) groups excluding carboxylic acids is 1. The van der Waals surface area contributed by atoms with Gasteiger partial charge in [0.05, 0.1) is 29.1 Å². The van der Waals surface area contributed by atoms with Crippen molar-refractivity contribution in [3.8, 4) is 5.69 Å². The molecular weight excluding hydrogens is 366 g/mol. The zero-order valence-electron chi connectivity index (χ0n) is 16.0. The average molecular weight is 388 g/mol. The standard InChI is InChI=1S/C20H22F2N4O2/c1-20(2,3)28-19(27)24-8-4-5-18-25-16-7-6-13(21)10-17(16)26(18)15-9-14(22)11-23-12-15/h6-7,9-12H,4-5,8H2,1-3H3,(H,24,27). The second-order valence-corrected chi connectivity index (χ2v) is 7.39. The first-order valence-corrected chi connectivity index (χ1v) is 8.97. The van der Waals surface area contributed by atoms with Crippen molar-refractivity contribution in [3.05, 3.63) is 54.1 Å². The average Bonchev–Trinajstić information content (AvgIpc) is 2.94. The van der Waals surface area contributed by atoms with Crippen molar-refractivity contribution < 1.29 is 18.3 Å². The van der Waals surface area contributed by atoms with Gasteiger partial charge in [-0.3, -0.25) is 9.55 Å². The fourth-order valence-corrected chi connectivity index (χ4v) is 2.83. The van der Waals surface area contributed by atoms with Gasteiger partial charge in [0, 0.05) is 25.1 Å². The van der Waals surface area contributed by atoms with Crippen molar-refractivity contribution in [2.75, 3.05) is 6.54 Å². The van der Waals surface area contributed by atoms with Gasteiger partial charge in [0.1, 0.15) is 23.1 Å². The molecule has 0 saturated carbocycles. The van der Waals surface area contributed by atoms with Gasteiger partial charge in [-0.25, -0.2) is 18.6 Å². The maximum Gasteiger partial charge on any atom is 0.407 e. The number of ether oxygens (including phenoxy) is 1. The van der Waals surface area contributed by atoms with Crippen LogP contribution < -0.4 is 5.32 Å². The first-order chi connectivity index (χ1) is 13.2. The Hall–Kier alpha value is -3.03. The van der Waals surface area contributed by atoms with E-state index < -0.39 is 23.3 Å². The number of hydrogen-bond acceptors (Lipinski definition) is 4. The Balaban J connectivity index is 1.79. The van der Waals surface area contributed by atoms with Crippen LogP contribution in [0.15, 0.2) is 36.7 Å². The van der Waals surface area contributed by atoms with E-state index in [-0.39, 0.29) is 0 Å². The summed E-state index contributed by atoms with van der Waals surface area (Å²) in [5.41, 5.74) is 1.03. The minimum Gasteiger partial charge on any atom is -0.444 e. The molecule has 28 heavy (non-hydrogen) atoms. The van der Waals surface area contributed by atoms with Gasteiger partial charge in [-0.15, -0.1) is 0 Å². The minimum absolute atomic E-state index is 0.383. The molecule has 0 bridgehead atoms. The maximum atomic E-state index is 13.8. The molecule has 0 aliphatic heterocycles. The highest BCUT2D eigenvalue weighted by Crippen LogP contribution is 2.23. The molecule has 3 aromatic rings. The summed E-state index contributed by atoms with van der Waals surface area (Å²) in [6, 6.07) is 5.59. The third kappa shape index (κ3) is 4.82. The van der Waals surface area contributed by atoms with Crippen molar-refractivity contribution in [1.82, 2.24) is 19.9 Å². The SMILES string of the molecule is CC(C)(C)OC(=O)NCCCc1nc2ccc(F)cc2n1-c1cncc(F)c1. The quantitative estimate of drug-likeness (QED) is 0.667. The van der Waals surface area contributed by atoms with Gasteiger partial charge in [0.25, 0.3) is 0 Å². The van der Waals surface area contributed by atoms with Crippen LogP contribution in [0.1, 0.15) is 33.0 Å². The first kappa shape index (κ1) is 19.7. The molecule has 1 amide bonds. The number of hydrogen-bond donors (Lipinski definition) is 1. The van der Waals surface area contributed by atoms with Crippen LogP contribution in [0, 0.1) is 11.6 Å². The Bertz CT molecular complexity index is 996. The highest BCUT2D eigenvalue weighted by atomic mass is 19.1. The monoisotopic (exact) mass is 388 g/mol. The Labute approximate surface area is 161 Å². The summed E-state index contributed by atoms with van der Waals surface area (Å²) >= 11 is 0. The van der Waals surface area contributed by atoms with E-state index in [0.29, 0.717) is 41.9 Å². The Morgan fingerprint density at radius 2 is 1.96 bits per heavy atom. The molecule has 148 valence electrons. The minimum atomic E-state index is -0.563. The molecule has 1 aromatic carbocycles. The van der Waals surface area contributed by atoms with Crippen LogP contribution in [0.4, 0.5) is 13.6 Å². The molecule has 3 rings (SSSR count). The molecule has 0 aliphatic rings. The summed E-state index contributed by atoms with van der Waals surface area (Å²) in [6.07, 6.45) is 3.18. The number of imidazole rings is 1. The van der Waals surface area contributed by atoms with Gasteiger partial charge in [-0.1, -0.05) is 0 Å². The summed E-state index contributed by atoms with van der Waals surface area (Å²) in [7, 11) is 0. The maximum absolute atomic E-state index is 13.8. The highest BCUT2D eigenvalue weighted by Gasteiger charge is 2.17. The van der Waals surface area contributed by atoms with Gasteiger partial charge in [-0.05, 0) is 39.3 Å². The van der Waals surface area contributed by atoms with Crippen LogP contribution in [0.5, 0.6) is 0 Å². The smallest absolute Gasteiger partial charge is 0.407 e. The first-order valence-electron chi connectivity index (χ1n) is 8.97. The predicted octanol–water partition coefficient (Wildman–Crippen LogP) is 4.16. The second kappa shape index (κ2) is 7.92. The molecule has 8 heteroatoms. The molecule has 2 heterocycles. The topological polar surface area (TPSA) is 69.0 Å². The van der Waals surface area contributed by atoms with Gasteiger partial charge in [0.2, 0.25) is 0 Å². The lowest BCUT2D eigenvalue weighted by Gasteiger charge is -2.19. The van der Waals surface area contributed by atoms with E-state index in [2.05, 4.69) is 15.3 Å². The van der Waals surface area contributed by atoms with Crippen molar-refractivity contribution in [2.24, 2.45) is 0 Å². The molecular formula is C20H22F2N4O2. The molecule has 0 radical (unpaired) electrons. The third-order valence-electron chi connectivity index (χ3n) is 3.88. The zero-order chi connectivity index (χ0) is 20.3. The number of nitrogens with zero attached hydrogens (tertiary/aromatic N) is 3. The predicted molar refractivity (Wildman–Crippen MR) is 101 cm³/mol. The van der Waals surface area contributed by atoms with Crippen LogP contribution in [0.3, 0.4) is 0 Å². The van der Waals surface area contributed by atoms with Crippen molar-refractivity contribution >= 4 is 17.1 Å². The van der Waals surface area contributed by atoms with Crippen molar-refractivity contribution in [3.63, 3.8) is 0 Å². The number of fused-ring (bicyclic) bond motifs is 1. The van der Waals surface area contributed by atoms with Crippen molar-refractivity contribution in [2.45, 2.75) is 39.2 Å². The molecule has 0 atom stereocenters. The number of aromatic nitrogens is 3. The summed E-state index contributed by atoms with van der Waals surface area (Å²) in [5.74, 6) is -0.275. The molecule has 0 fully saturated rings. The van der Waals surface area contributed by atoms with Crippen LogP contribution in [0.2, 0.25) is 0 Å². The van der Waals surface area contributed by atoms with Crippen molar-refractivity contribution in [1.29, 1.82) is 0 Å². The molecule has 0 spiro atoms. The number of amides is 1.